The Balaban J connectivity index is 3.05. The van der Waals surface area contributed by atoms with Crippen LogP contribution in [0.15, 0.2) is 30.8 Å². The Bertz CT molecular complexity index is 291. The second-order valence-corrected chi connectivity index (χ2v) is 2.18. The molecule has 0 saturated carbocycles. The summed E-state index contributed by atoms with van der Waals surface area (Å²) < 4.78 is 12.5. The monoisotopic (exact) mass is 149 g/mol. The molecule has 1 rings (SSSR count). The first-order valence-corrected chi connectivity index (χ1v) is 3.19. The van der Waals surface area contributed by atoms with Crippen molar-refractivity contribution in [2.24, 2.45) is 0 Å². The van der Waals surface area contributed by atoms with Gasteiger partial charge in [-0.1, -0.05) is 18.7 Å². The lowest BCUT2D eigenvalue weighted by atomic mass is 10.1. The van der Waals surface area contributed by atoms with Crippen molar-refractivity contribution in [1.82, 2.24) is 0 Å². The maximum Gasteiger partial charge on any atom is 0.123 e. The number of halogens is 1. The number of hydrogen-bond acceptors (Lipinski definition) is 1. The number of hydrogen-bond donors (Lipinski definition) is 1. The molecule has 0 spiro atoms. The Labute approximate surface area is 64.7 Å². The smallest absolute Gasteiger partial charge is 0.123 e. The van der Waals surface area contributed by atoms with Gasteiger partial charge in [0.15, 0.2) is 0 Å². The third kappa shape index (κ3) is 1.74. The van der Waals surface area contributed by atoms with Crippen LogP contribution in [0.25, 0.3) is 5.57 Å². The van der Waals surface area contributed by atoms with E-state index in [9.17, 15) is 4.39 Å². The highest BCUT2D eigenvalue weighted by molar-refractivity contribution is 6.07. The molecule has 0 unspecified atom stereocenters. The average Bonchev–Trinajstić information content (AvgIpc) is 2.03. The molecular weight excluding hydrogens is 141 g/mol. The maximum atomic E-state index is 12.5. The highest BCUT2D eigenvalue weighted by Gasteiger charge is 1.95. The molecule has 0 amide bonds. The van der Waals surface area contributed by atoms with Gasteiger partial charge in [0.1, 0.15) is 5.82 Å². The lowest BCUT2D eigenvalue weighted by Gasteiger charge is -1.97. The lowest BCUT2D eigenvalue weighted by Crippen LogP contribution is -1.83. The number of nitrogens with one attached hydrogen (secondary N) is 1. The summed E-state index contributed by atoms with van der Waals surface area (Å²) in [6, 6.07) is 6.03. The van der Waals surface area contributed by atoms with E-state index in [4.69, 9.17) is 5.41 Å². The number of allylic oxidation sites excluding steroid dienone is 1. The minimum absolute atomic E-state index is 0.300. The molecule has 0 fully saturated rings. The Morgan fingerprint density at radius 3 is 2.82 bits per heavy atom. The van der Waals surface area contributed by atoms with Gasteiger partial charge in [-0.15, -0.1) is 0 Å². The zero-order valence-electron chi connectivity index (χ0n) is 5.97. The first-order chi connectivity index (χ1) is 5.24. The summed E-state index contributed by atoms with van der Waals surface area (Å²) in [6.07, 6.45) is 1.11. The molecular formula is C9H8FN. The molecule has 0 bridgehead atoms. The first kappa shape index (κ1) is 7.66. The van der Waals surface area contributed by atoms with E-state index in [0.29, 0.717) is 11.1 Å². The Morgan fingerprint density at radius 2 is 2.27 bits per heavy atom. The van der Waals surface area contributed by atoms with E-state index >= 15 is 0 Å². The fourth-order valence-corrected chi connectivity index (χ4v) is 0.772. The van der Waals surface area contributed by atoms with E-state index in [2.05, 4.69) is 6.58 Å². The zero-order chi connectivity index (χ0) is 8.27. The Hall–Kier alpha value is -1.44. The van der Waals surface area contributed by atoms with Crippen LogP contribution in [0, 0.1) is 11.2 Å². The van der Waals surface area contributed by atoms with Gasteiger partial charge in [0.05, 0.1) is 0 Å². The fourth-order valence-electron chi connectivity index (χ4n) is 0.772. The molecule has 0 radical (unpaired) electrons. The van der Waals surface area contributed by atoms with Gasteiger partial charge in [0.2, 0.25) is 0 Å². The molecule has 2 heteroatoms. The molecule has 0 aliphatic heterocycles. The third-order valence-corrected chi connectivity index (χ3v) is 1.37. The maximum absolute atomic E-state index is 12.5. The van der Waals surface area contributed by atoms with Crippen LogP contribution in [0.5, 0.6) is 0 Å². The van der Waals surface area contributed by atoms with E-state index < -0.39 is 0 Å². The zero-order valence-corrected chi connectivity index (χ0v) is 5.97. The van der Waals surface area contributed by atoms with Crippen molar-refractivity contribution in [3.63, 3.8) is 0 Å². The molecule has 56 valence electrons. The van der Waals surface area contributed by atoms with Crippen molar-refractivity contribution in [3.8, 4) is 0 Å². The van der Waals surface area contributed by atoms with Crippen LogP contribution >= 0.6 is 0 Å². The minimum atomic E-state index is -0.300. The molecule has 0 heterocycles. The molecule has 1 aromatic carbocycles. The van der Waals surface area contributed by atoms with Crippen molar-refractivity contribution in [3.05, 3.63) is 42.2 Å². The van der Waals surface area contributed by atoms with Crippen LogP contribution in [-0.2, 0) is 0 Å². The Kier molecular flexibility index (Phi) is 2.16. The van der Waals surface area contributed by atoms with E-state index in [1.165, 1.54) is 12.1 Å². The minimum Gasteiger partial charge on any atom is -0.308 e. The van der Waals surface area contributed by atoms with Crippen molar-refractivity contribution < 1.29 is 4.39 Å². The first-order valence-electron chi connectivity index (χ1n) is 3.19. The van der Waals surface area contributed by atoms with Crippen LogP contribution in [0.1, 0.15) is 5.56 Å². The van der Waals surface area contributed by atoms with Crippen molar-refractivity contribution in [1.29, 1.82) is 5.41 Å². The van der Waals surface area contributed by atoms with Gasteiger partial charge in [0.25, 0.3) is 0 Å². The molecule has 0 saturated heterocycles. The second kappa shape index (κ2) is 3.10. The molecule has 0 aliphatic rings. The molecule has 0 aliphatic carbocycles. The van der Waals surface area contributed by atoms with Crippen LogP contribution < -0.4 is 0 Å². The summed E-state index contributed by atoms with van der Waals surface area (Å²) in [6.45, 7) is 3.57. The largest absolute Gasteiger partial charge is 0.308 e. The van der Waals surface area contributed by atoms with Gasteiger partial charge in [0, 0.05) is 6.21 Å². The van der Waals surface area contributed by atoms with Gasteiger partial charge in [-0.3, -0.25) is 0 Å². The topological polar surface area (TPSA) is 23.9 Å². The second-order valence-electron chi connectivity index (χ2n) is 2.18. The van der Waals surface area contributed by atoms with Crippen LogP contribution in [-0.4, -0.2) is 6.21 Å². The normalized spacial score (nSPS) is 9.18. The molecule has 1 N–H and O–H groups in total. The van der Waals surface area contributed by atoms with E-state index in [1.807, 2.05) is 0 Å². The van der Waals surface area contributed by atoms with Gasteiger partial charge in [-0.2, -0.15) is 0 Å². The van der Waals surface area contributed by atoms with E-state index in [1.54, 1.807) is 12.1 Å². The molecule has 11 heavy (non-hydrogen) atoms. The van der Waals surface area contributed by atoms with Crippen LogP contribution in [0.4, 0.5) is 4.39 Å². The third-order valence-electron chi connectivity index (χ3n) is 1.37. The SMILES string of the molecule is C=C(C=N)c1cccc(F)c1. The van der Waals surface area contributed by atoms with Crippen molar-refractivity contribution in [2.75, 3.05) is 0 Å². The average molecular weight is 149 g/mol. The summed E-state index contributed by atoms with van der Waals surface area (Å²) in [4.78, 5) is 0. The molecule has 1 aromatic rings. The highest BCUT2D eigenvalue weighted by atomic mass is 19.1. The number of rotatable bonds is 2. The van der Waals surface area contributed by atoms with Gasteiger partial charge in [-0.05, 0) is 23.3 Å². The molecule has 1 nitrogen and oxygen atoms in total. The van der Waals surface area contributed by atoms with E-state index in [0.717, 1.165) is 6.21 Å². The predicted octanol–water partition coefficient (Wildman–Crippen LogP) is 2.49. The molecule has 0 aromatic heterocycles. The van der Waals surface area contributed by atoms with Gasteiger partial charge in [-0.25, -0.2) is 4.39 Å². The fraction of sp³-hybridized carbons (Fsp3) is 0. The van der Waals surface area contributed by atoms with Crippen molar-refractivity contribution >= 4 is 11.8 Å². The summed E-state index contributed by atoms with van der Waals surface area (Å²) in [7, 11) is 0. The summed E-state index contributed by atoms with van der Waals surface area (Å²) in [5.74, 6) is -0.300. The highest BCUT2D eigenvalue weighted by Crippen LogP contribution is 2.10. The standard InChI is InChI=1S/C9H8FN/c1-7(6-11)8-3-2-4-9(10)5-8/h2-6,11H,1H2. The quantitative estimate of drug-likeness (QED) is 0.624. The predicted molar refractivity (Wildman–Crippen MR) is 44.2 cm³/mol. The van der Waals surface area contributed by atoms with Crippen LogP contribution in [0.2, 0.25) is 0 Å². The lowest BCUT2D eigenvalue weighted by molar-refractivity contribution is 0.627. The van der Waals surface area contributed by atoms with E-state index in [-0.39, 0.29) is 5.82 Å². The Morgan fingerprint density at radius 1 is 1.55 bits per heavy atom. The van der Waals surface area contributed by atoms with Gasteiger partial charge < -0.3 is 5.41 Å². The van der Waals surface area contributed by atoms with Crippen LogP contribution in [0.3, 0.4) is 0 Å². The number of benzene rings is 1. The molecule has 0 atom stereocenters. The van der Waals surface area contributed by atoms with Crippen molar-refractivity contribution in [2.45, 2.75) is 0 Å². The summed E-state index contributed by atoms with van der Waals surface area (Å²) >= 11 is 0. The summed E-state index contributed by atoms with van der Waals surface area (Å²) in [5.41, 5.74) is 1.17. The van der Waals surface area contributed by atoms with Gasteiger partial charge >= 0.3 is 0 Å². The summed E-state index contributed by atoms with van der Waals surface area (Å²) in [5, 5.41) is 6.87.